The van der Waals surface area contributed by atoms with Crippen LogP contribution >= 0.6 is 0 Å². The number of piperidine rings is 1. The predicted molar refractivity (Wildman–Crippen MR) is 117 cm³/mol. The Kier molecular flexibility index (Phi) is 5.75. The summed E-state index contributed by atoms with van der Waals surface area (Å²) < 4.78 is 29.3. The number of benzene rings is 1. The predicted octanol–water partition coefficient (Wildman–Crippen LogP) is 3.59. The monoisotopic (exact) mass is 424 g/mol. The van der Waals surface area contributed by atoms with Crippen molar-refractivity contribution in [2.45, 2.75) is 44.1 Å². The van der Waals surface area contributed by atoms with Gasteiger partial charge < -0.3 is 4.57 Å². The van der Waals surface area contributed by atoms with Gasteiger partial charge in [-0.05, 0) is 56.4 Å². The average Bonchev–Trinajstić information content (AvgIpc) is 3.15. The summed E-state index contributed by atoms with van der Waals surface area (Å²) in [5, 5.41) is 0.114. The summed E-state index contributed by atoms with van der Waals surface area (Å²) in [4.78, 5) is 8.83. The lowest BCUT2D eigenvalue weighted by atomic mass is 9.93. The first-order valence-electron chi connectivity index (χ1n) is 10.3. The van der Waals surface area contributed by atoms with Gasteiger partial charge in [0.2, 0.25) is 0 Å². The van der Waals surface area contributed by atoms with Gasteiger partial charge in [0.25, 0.3) is 10.0 Å². The van der Waals surface area contributed by atoms with Crippen LogP contribution < -0.4 is 0 Å². The minimum atomic E-state index is -3.58. The lowest BCUT2D eigenvalue weighted by Gasteiger charge is -2.31. The molecule has 0 amide bonds. The fourth-order valence-electron chi connectivity index (χ4n) is 4.19. The molecule has 158 valence electrons. The third-order valence-corrected chi connectivity index (χ3v) is 7.36. The zero-order valence-electron chi connectivity index (χ0n) is 17.7. The maximum atomic E-state index is 13.0. The largest absolute Gasteiger partial charge is 0.339 e. The second-order valence-corrected chi connectivity index (χ2v) is 10.2. The van der Waals surface area contributed by atoms with Crippen molar-refractivity contribution < 1.29 is 8.42 Å². The van der Waals surface area contributed by atoms with Crippen LogP contribution in [0.15, 0.2) is 53.9 Å². The number of sulfonamides is 1. The lowest BCUT2D eigenvalue weighted by molar-refractivity contribution is 0.311. The molecule has 0 aliphatic carbocycles. The van der Waals surface area contributed by atoms with Gasteiger partial charge in [-0.25, -0.2) is 13.4 Å². The highest BCUT2D eigenvalue weighted by Crippen LogP contribution is 2.30. The summed E-state index contributed by atoms with van der Waals surface area (Å²) in [6, 6.07) is 12.8. The van der Waals surface area contributed by atoms with Crippen LogP contribution in [0.2, 0.25) is 0 Å². The van der Waals surface area contributed by atoms with Crippen molar-refractivity contribution in [3.05, 3.63) is 77.0 Å². The van der Waals surface area contributed by atoms with E-state index in [4.69, 9.17) is 4.98 Å². The summed E-state index contributed by atoms with van der Waals surface area (Å²) in [6.45, 7) is 5.08. The van der Waals surface area contributed by atoms with E-state index in [1.165, 1.54) is 23.0 Å². The fourth-order valence-corrected chi connectivity index (χ4v) is 5.68. The first-order valence-corrected chi connectivity index (χ1v) is 11.8. The number of hydrogen-bond acceptors (Lipinski definition) is 4. The van der Waals surface area contributed by atoms with E-state index in [0.29, 0.717) is 13.1 Å². The maximum absolute atomic E-state index is 13.0. The van der Waals surface area contributed by atoms with Crippen LogP contribution in [0.3, 0.4) is 0 Å². The van der Waals surface area contributed by atoms with E-state index in [2.05, 4.69) is 48.3 Å². The van der Waals surface area contributed by atoms with Crippen LogP contribution in [0.1, 0.15) is 46.8 Å². The molecule has 1 fully saturated rings. The number of aromatic nitrogens is 3. The number of hydrogen-bond donors (Lipinski definition) is 0. The molecule has 4 rings (SSSR count). The molecule has 6 nitrogen and oxygen atoms in total. The van der Waals surface area contributed by atoms with Crippen molar-refractivity contribution in [3.63, 3.8) is 0 Å². The zero-order chi connectivity index (χ0) is 21.3. The number of aryl methyl sites for hydroxylation is 3. The molecule has 0 bridgehead atoms. The molecule has 1 aromatic carbocycles. The van der Waals surface area contributed by atoms with Gasteiger partial charge in [-0.2, -0.15) is 4.31 Å². The molecule has 0 spiro atoms. The van der Waals surface area contributed by atoms with Gasteiger partial charge in [0.05, 0.1) is 6.33 Å². The summed E-state index contributed by atoms with van der Waals surface area (Å²) >= 11 is 0. The van der Waals surface area contributed by atoms with Gasteiger partial charge in [0, 0.05) is 43.6 Å². The van der Waals surface area contributed by atoms with Gasteiger partial charge in [0.15, 0.2) is 5.03 Å². The third kappa shape index (κ3) is 4.47. The number of pyridine rings is 1. The van der Waals surface area contributed by atoms with Crippen LogP contribution in [0.5, 0.6) is 0 Å². The molecule has 0 saturated carbocycles. The van der Waals surface area contributed by atoms with Crippen LogP contribution in [-0.2, 0) is 23.5 Å². The third-order valence-electron chi connectivity index (χ3n) is 5.61. The van der Waals surface area contributed by atoms with Crippen molar-refractivity contribution >= 4 is 10.0 Å². The molecular weight excluding hydrogens is 396 g/mol. The Hall–Kier alpha value is -2.51. The number of imidazole rings is 1. The first-order chi connectivity index (χ1) is 14.3. The van der Waals surface area contributed by atoms with Gasteiger partial charge in [0.1, 0.15) is 0 Å². The minimum absolute atomic E-state index is 0.0911. The van der Waals surface area contributed by atoms with Crippen molar-refractivity contribution in [2.24, 2.45) is 7.05 Å². The van der Waals surface area contributed by atoms with Crippen LogP contribution in [0.25, 0.3) is 0 Å². The molecule has 7 heteroatoms. The molecule has 1 aliphatic rings. The van der Waals surface area contributed by atoms with E-state index in [1.807, 2.05) is 6.92 Å². The Bertz CT molecular complexity index is 1150. The molecule has 1 aliphatic heterocycles. The lowest BCUT2D eigenvalue weighted by Crippen LogP contribution is -2.39. The molecular formula is C23H28N4O2S. The van der Waals surface area contributed by atoms with Gasteiger partial charge in [-0.3, -0.25) is 4.98 Å². The molecule has 1 atom stereocenters. The second kappa shape index (κ2) is 8.32. The SMILES string of the molecule is Cc1cccc(Cc2cc(C)nc([C@@H]3CCCN(S(=O)(=O)c4cn(C)cn4)C3)c2)c1. The van der Waals surface area contributed by atoms with E-state index in [9.17, 15) is 8.42 Å². The molecule has 0 radical (unpaired) electrons. The van der Waals surface area contributed by atoms with Crippen molar-refractivity contribution in [1.29, 1.82) is 0 Å². The van der Waals surface area contributed by atoms with Gasteiger partial charge in [-0.15, -0.1) is 0 Å². The maximum Gasteiger partial charge on any atom is 0.262 e. The summed E-state index contributed by atoms with van der Waals surface area (Å²) in [7, 11) is -1.81. The number of rotatable bonds is 5. The molecule has 3 aromatic rings. The summed E-state index contributed by atoms with van der Waals surface area (Å²) in [5.41, 5.74) is 5.70. The quantitative estimate of drug-likeness (QED) is 0.628. The van der Waals surface area contributed by atoms with E-state index in [0.717, 1.165) is 30.7 Å². The second-order valence-electron chi connectivity index (χ2n) is 8.29. The van der Waals surface area contributed by atoms with Crippen LogP contribution in [-0.4, -0.2) is 40.3 Å². The van der Waals surface area contributed by atoms with Crippen molar-refractivity contribution in [1.82, 2.24) is 18.8 Å². The first kappa shape index (κ1) is 20.8. The van der Waals surface area contributed by atoms with Gasteiger partial charge in [-0.1, -0.05) is 29.8 Å². The van der Waals surface area contributed by atoms with Gasteiger partial charge >= 0.3 is 0 Å². The Morgan fingerprint density at radius 3 is 2.70 bits per heavy atom. The van der Waals surface area contributed by atoms with E-state index in [-0.39, 0.29) is 10.9 Å². The molecule has 2 aromatic heterocycles. The highest BCUT2D eigenvalue weighted by Gasteiger charge is 2.33. The highest BCUT2D eigenvalue weighted by molar-refractivity contribution is 7.89. The van der Waals surface area contributed by atoms with Crippen LogP contribution in [0.4, 0.5) is 0 Å². The highest BCUT2D eigenvalue weighted by atomic mass is 32.2. The molecule has 0 unspecified atom stereocenters. The Morgan fingerprint density at radius 1 is 1.13 bits per heavy atom. The van der Waals surface area contributed by atoms with Crippen molar-refractivity contribution in [2.75, 3.05) is 13.1 Å². The molecule has 0 N–H and O–H groups in total. The van der Waals surface area contributed by atoms with E-state index >= 15 is 0 Å². The fraction of sp³-hybridized carbons (Fsp3) is 0.391. The number of nitrogens with zero attached hydrogens (tertiary/aromatic N) is 4. The smallest absolute Gasteiger partial charge is 0.262 e. The average molecular weight is 425 g/mol. The molecule has 30 heavy (non-hydrogen) atoms. The Morgan fingerprint density at radius 2 is 1.97 bits per heavy atom. The van der Waals surface area contributed by atoms with Crippen LogP contribution in [0, 0.1) is 13.8 Å². The summed E-state index contributed by atoms with van der Waals surface area (Å²) in [5.74, 6) is 0.0911. The standard InChI is InChI=1S/C23H28N4O2S/c1-17-6-4-7-19(10-17)12-20-11-18(2)25-22(13-20)21-8-5-9-27(14-21)30(28,29)23-15-26(3)16-24-23/h4,6-7,10-11,13,15-16,21H,5,8-9,12,14H2,1-3H3/t21-/m1/s1. The van der Waals surface area contributed by atoms with E-state index in [1.54, 1.807) is 22.1 Å². The Labute approximate surface area is 178 Å². The molecule has 1 saturated heterocycles. The Balaban J connectivity index is 1.57. The van der Waals surface area contributed by atoms with E-state index < -0.39 is 10.0 Å². The normalized spacial score (nSPS) is 17.9. The minimum Gasteiger partial charge on any atom is -0.339 e. The summed E-state index contributed by atoms with van der Waals surface area (Å²) in [6.07, 6.45) is 5.69. The molecule has 3 heterocycles. The topological polar surface area (TPSA) is 68.1 Å². The zero-order valence-corrected chi connectivity index (χ0v) is 18.6. The van der Waals surface area contributed by atoms with Crippen molar-refractivity contribution in [3.8, 4) is 0 Å².